The Hall–Kier alpha value is -1.33. The lowest BCUT2D eigenvalue weighted by Gasteiger charge is -2.00. The summed E-state index contributed by atoms with van der Waals surface area (Å²) >= 11 is 9.27. The third-order valence-electron chi connectivity index (χ3n) is 2.05. The molecule has 0 atom stereocenters. The minimum atomic E-state index is -0.545. The summed E-state index contributed by atoms with van der Waals surface area (Å²) in [5, 5.41) is 7.16. The van der Waals surface area contributed by atoms with Gasteiger partial charge in [0.15, 0.2) is 0 Å². The number of benzene rings is 1. The van der Waals surface area contributed by atoms with Crippen LogP contribution in [0.5, 0.6) is 0 Å². The van der Waals surface area contributed by atoms with E-state index < -0.39 is 5.91 Å². The van der Waals surface area contributed by atoms with Gasteiger partial charge in [0.25, 0.3) is 5.91 Å². The van der Waals surface area contributed by atoms with Gasteiger partial charge in [-0.3, -0.25) is 9.89 Å². The Morgan fingerprint density at radius 3 is 2.81 bits per heavy atom. The average Bonchev–Trinajstić information content (AvgIpc) is 2.70. The molecule has 0 fully saturated rings. The number of primary amides is 1. The van der Waals surface area contributed by atoms with E-state index in [0.29, 0.717) is 10.7 Å². The zero-order valence-electron chi connectivity index (χ0n) is 8.00. The topological polar surface area (TPSA) is 71.8 Å². The highest BCUT2D eigenvalue weighted by molar-refractivity contribution is 9.10. The van der Waals surface area contributed by atoms with Gasteiger partial charge >= 0.3 is 0 Å². The maximum Gasteiger partial charge on any atom is 0.266 e. The van der Waals surface area contributed by atoms with Gasteiger partial charge in [-0.15, -0.1) is 0 Å². The average molecular weight is 301 g/mol. The summed E-state index contributed by atoms with van der Waals surface area (Å²) in [5.74, 6) is -0.545. The fraction of sp³-hybridized carbons (Fsp3) is 0. The summed E-state index contributed by atoms with van der Waals surface area (Å²) in [5.41, 5.74) is 6.81. The predicted molar refractivity (Wildman–Crippen MR) is 65.3 cm³/mol. The minimum Gasteiger partial charge on any atom is -0.364 e. The molecule has 0 spiro atoms. The Labute approximate surface area is 105 Å². The smallest absolute Gasteiger partial charge is 0.266 e. The van der Waals surface area contributed by atoms with Crippen molar-refractivity contribution in [2.75, 3.05) is 0 Å². The summed E-state index contributed by atoms with van der Waals surface area (Å²) in [6.45, 7) is 0. The molecule has 2 rings (SSSR count). The first-order valence-corrected chi connectivity index (χ1v) is 5.55. The lowest BCUT2D eigenvalue weighted by Crippen LogP contribution is -2.10. The van der Waals surface area contributed by atoms with Crippen LogP contribution in [0.1, 0.15) is 10.5 Å². The molecule has 4 nitrogen and oxygen atoms in total. The molecule has 0 aliphatic rings. The number of carbonyl (C=O) groups excluding carboxylic acids is 1. The van der Waals surface area contributed by atoms with Crippen molar-refractivity contribution < 1.29 is 4.79 Å². The van der Waals surface area contributed by atoms with Crippen molar-refractivity contribution in [3.05, 3.63) is 39.5 Å². The molecule has 1 amide bonds. The van der Waals surface area contributed by atoms with E-state index in [1.165, 1.54) is 0 Å². The Kier molecular flexibility index (Phi) is 2.98. The fourth-order valence-electron chi connectivity index (χ4n) is 1.28. The van der Waals surface area contributed by atoms with Crippen molar-refractivity contribution in [3.63, 3.8) is 0 Å². The van der Waals surface area contributed by atoms with Crippen LogP contribution in [-0.4, -0.2) is 16.1 Å². The Morgan fingerprint density at radius 2 is 2.19 bits per heavy atom. The lowest BCUT2D eigenvalue weighted by atomic mass is 10.1. The fourth-order valence-corrected chi connectivity index (χ4v) is 1.90. The highest BCUT2D eigenvalue weighted by atomic mass is 79.9. The molecule has 1 aromatic heterocycles. The number of hydrogen-bond donors (Lipinski definition) is 2. The molecule has 1 aromatic carbocycles. The molecule has 0 bridgehead atoms. The van der Waals surface area contributed by atoms with Crippen LogP contribution in [0.15, 0.2) is 28.7 Å². The first kappa shape index (κ1) is 11.2. The second-order valence-corrected chi connectivity index (χ2v) is 4.45. The van der Waals surface area contributed by atoms with Crippen molar-refractivity contribution in [1.82, 2.24) is 10.2 Å². The number of nitrogens with one attached hydrogen (secondary N) is 1. The van der Waals surface area contributed by atoms with Gasteiger partial charge in [0, 0.05) is 15.1 Å². The molecule has 0 saturated heterocycles. The van der Waals surface area contributed by atoms with E-state index in [0.717, 1.165) is 10.0 Å². The van der Waals surface area contributed by atoms with Crippen molar-refractivity contribution >= 4 is 33.4 Å². The molecule has 0 radical (unpaired) electrons. The molecule has 0 unspecified atom stereocenters. The molecule has 3 N–H and O–H groups in total. The van der Waals surface area contributed by atoms with Gasteiger partial charge in [0.2, 0.25) is 0 Å². The molecule has 16 heavy (non-hydrogen) atoms. The van der Waals surface area contributed by atoms with Crippen LogP contribution in [0, 0.1) is 0 Å². The zero-order valence-corrected chi connectivity index (χ0v) is 10.3. The van der Waals surface area contributed by atoms with Crippen LogP contribution in [0.4, 0.5) is 0 Å². The summed E-state index contributed by atoms with van der Waals surface area (Å²) in [7, 11) is 0. The van der Waals surface area contributed by atoms with E-state index in [2.05, 4.69) is 26.1 Å². The van der Waals surface area contributed by atoms with Crippen LogP contribution in [0.3, 0.4) is 0 Å². The number of hydrogen-bond acceptors (Lipinski definition) is 2. The minimum absolute atomic E-state index is 0.266. The Bertz CT molecular complexity index is 553. The third-order valence-corrected chi connectivity index (χ3v) is 2.97. The van der Waals surface area contributed by atoms with Gasteiger partial charge in [-0.05, 0) is 24.3 Å². The molecule has 82 valence electrons. The summed E-state index contributed by atoms with van der Waals surface area (Å²) in [4.78, 5) is 10.9. The van der Waals surface area contributed by atoms with Crippen molar-refractivity contribution in [2.24, 2.45) is 5.73 Å². The first-order valence-electron chi connectivity index (χ1n) is 4.38. The third kappa shape index (κ3) is 2.10. The number of nitrogens with two attached hydrogens (primary N) is 1. The van der Waals surface area contributed by atoms with E-state index in [-0.39, 0.29) is 5.69 Å². The van der Waals surface area contributed by atoms with Gasteiger partial charge in [0.05, 0.1) is 5.69 Å². The molecule has 2 aromatic rings. The van der Waals surface area contributed by atoms with Gasteiger partial charge < -0.3 is 5.73 Å². The van der Waals surface area contributed by atoms with E-state index in [4.69, 9.17) is 17.3 Å². The number of halogens is 2. The van der Waals surface area contributed by atoms with Crippen molar-refractivity contribution in [2.45, 2.75) is 0 Å². The quantitative estimate of drug-likeness (QED) is 0.895. The highest BCUT2D eigenvalue weighted by Gasteiger charge is 2.10. The number of carbonyl (C=O) groups is 1. The number of aromatic nitrogens is 2. The molecule has 6 heteroatoms. The first-order chi connectivity index (χ1) is 7.58. The summed E-state index contributed by atoms with van der Waals surface area (Å²) in [6, 6.07) is 6.92. The number of aromatic amines is 1. The number of amides is 1. The monoisotopic (exact) mass is 299 g/mol. The maximum absolute atomic E-state index is 10.9. The molecular formula is C10H7BrClN3O. The van der Waals surface area contributed by atoms with E-state index in [1.807, 2.05) is 6.07 Å². The second kappa shape index (κ2) is 4.27. The zero-order chi connectivity index (χ0) is 11.7. The normalized spacial score (nSPS) is 10.4. The maximum atomic E-state index is 10.9. The van der Waals surface area contributed by atoms with Crippen molar-refractivity contribution in [3.8, 4) is 11.3 Å². The number of H-pyrrole nitrogens is 1. The standard InChI is InChI=1S/C10H7BrClN3O/c11-7-2-1-5(12)3-6(7)8-4-9(10(13)16)15-14-8/h1-4H,(H2,13,16)(H,14,15). The van der Waals surface area contributed by atoms with Crippen LogP contribution in [0.2, 0.25) is 5.02 Å². The number of rotatable bonds is 2. The number of nitrogens with zero attached hydrogens (tertiary/aromatic N) is 1. The van der Waals surface area contributed by atoms with Gasteiger partial charge in [-0.1, -0.05) is 27.5 Å². The Balaban J connectivity index is 2.50. The predicted octanol–water partition coefficient (Wildman–Crippen LogP) is 2.59. The molecule has 0 saturated carbocycles. The van der Waals surface area contributed by atoms with Gasteiger partial charge in [-0.25, -0.2) is 0 Å². The van der Waals surface area contributed by atoms with E-state index in [9.17, 15) is 4.79 Å². The largest absolute Gasteiger partial charge is 0.364 e. The Morgan fingerprint density at radius 1 is 1.44 bits per heavy atom. The van der Waals surface area contributed by atoms with Gasteiger partial charge in [0.1, 0.15) is 5.69 Å². The lowest BCUT2D eigenvalue weighted by molar-refractivity contribution is 0.0995. The van der Waals surface area contributed by atoms with Crippen LogP contribution in [0.25, 0.3) is 11.3 Å². The molecule has 0 aliphatic heterocycles. The molecule has 0 aliphatic carbocycles. The van der Waals surface area contributed by atoms with E-state index >= 15 is 0 Å². The van der Waals surface area contributed by atoms with Crippen LogP contribution in [-0.2, 0) is 0 Å². The van der Waals surface area contributed by atoms with Crippen LogP contribution >= 0.6 is 27.5 Å². The van der Waals surface area contributed by atoms with E-state index in [1.54, 1.807) is 18.2 Å². The molecule has 1 heterocycles. The SMILES string of the molecule is NC(=O)c1cc(-c2cc(Cl)ccc2Br)n[nH]1. The summed E-state index contributed by atoms with van der Waals surface area (Å²) in [6.07, 6.45) is 0. The van der Waals surface area contributed by atoms with Gasteiger partial charge in [-0.2, -0.15) is 5.10 Å². The summed E-state index contributed by atoms with van der Waals surface area (Å²) < 4.78 is 0.847. The molecular weight excluding hydrogens is 293 g/mol. The van der Waals surface area contributed by atoms with Crippen molar-refractivity contribution in [1.29, 1.82) is 0 Å². The van der Waals surface area contributed by atoms with Crippen LogP contribution < -0.4 is 5.73 Å². The highest BCUT2D eigenvalue weighted by Crippen LogP contribution is 2.29. The second-order valence-electron chi connectivity index (χ2n) is 3.16.